The standard InChI is InChI=1S/C20H22N2O/c1-15(16-7-9-19(23-2)10-8-16)11-12-21-18-13-17-5-3-4-6-20(17)22-14-18/h3-10,13-15,21H,11-12H2,1-2H3. The molecular weight excluding hydrogens is 284 g/mol. The first-order chi connectivity index (χ1) is 11.3. The quantitative estimate of drug-likeness (QED) is 0.707. The highest BCUT2D eigenvalue weighted by atomic mass is 16.5. The van der Waals surface area contributed by atoms with Gasteiger partial charge in [-0.1, -0.05) is 37.3 Å². The van der Waals surface area contributed by atoms with Crippen molar-refractivity contribution in [2.45, 2.75) is 19.3 Å². The average Bonchev–Trinajstić information content (AvgIpc) is 2.61. The van der Waals surface area contributed by atoms with Gasteiger partial charge in [0.2, 0.25) is 0 Å². The van der Waals surface area contributed by atoms with E-state index < -0.39 is 0 Å². The van der Waals surface area contributed by atoms with E-state index in [1.54, 1.807) is 7.11 Å². The molecule has 3 nitrogen and oxygen atoms in total. The lowest BCUT2D eigenvalue weighted by molar-refractivity contribution is 0.414. The molecule has 0 radical (unpaired) electrons. The molecule has 3 rings (SSSR count). The molecule has 0 bridgehead atoms. The molecule has 0 aliphatic rings. The number of hydrogen-bond acceptors (Lipinski definition) is 3. The SMILES string of the molecule is COc1ccc(C(C)CCNc2cnc3ccccc3c2)cc1. The van der Waals surface area contributed by atoms with E-state index in [1.165, 1.54) is 10.9 Å². The largest absolute Gasteiger partial charge is 0.497 e. The number of para-hydroxylation sites is 1. The van der Waals surface area contributed by atoms with Crippen LogP contribution in [0, 0.1) is 0 Å². The van der Waals surface area contributed by atoms with Gasteiger partial charge in [-0.05, 0) is 42.2 Å². The summed E-state index contributed by atoms with van der Waals surface area (Å²) in [7, 11) is 1.69. The maximum absolute atomic E-state index is 5.20. The summed E-state index contributed by atoms with van der Waals surface area (Å²) in [6, 6.07) is 18.7. The molecule has 1 unspecified atom stereocenters. The van der Waals surface area contributed by atoms with Crippen LogP contribution in [0.15, 0.2) is 60.8 Å². The number of benzene rings is 2. The summed E-state index contributed by atoms with van der Waals surface area (Å²) >= 11 is 0. The van der Waals surface area contributed by atoms with Gasteiger partial charge >= 0.3 is 0 Å². The minimum Gasteiger partial charge on any atom is -0.497 e. The topological polar surface area (TPSA) is 34.1 Å². The maximum Gasteiger partial charge on any atom is 0.118 e. The number of rotatable bonds is 6. The molecule has 3 heteroatoms. The van der Waals surface area contributed by atoms with Crippen molar-refractivity contribution >= 4 is 16.6 Å². The first-order valence-electron chi connectivity index (χ1n) is 7.99. The molecule has 0 saturated heterocycles. The molecule has 1 N–H and O–H groups in total. The summed E-state index contributed by atoms with van der Waals surface area (Å²) < 4.78 is 5.20. The average molecular weight is 306 g/mol. The molecule has 1 atom stereocenters. The lowest BCUT2D eigenvalue weighted by Crippen LogP contribution is -2.06. The Hall–Kier alpha value is -2.55. The van der Waals surface area contributed by atoms with Crippen LogP contribution in [0.2, 0.25) is 0 Å². The molecule has 0 fully saturated rings. The zero-order valence-corrected chi connectivity index (χ0v) is 13.6. The summed E-state index contributed by atoms with van der Waals surface area (Å²) in [5, 5.41) is 4.64. The van der Waals surface area contributed by atoms with Crippen LogP contribution in [0.1, 0.15) is 24.8 Å². The van der Waals surface area contributed by atoms with Gasteiger partial charge in [0.25, 0.3) is 0 Å². The van der Waals surface area contributed by atoms with Gasteiger partial charge in [-0.3, -0.25) is 4.98 Å². The minimum absolute atomic E-state index is 0.502. The van der Waals surface area contributed by atoms with E-state index in [-0.39, 0.29) is 0 Å². The number of nitrogens with zero attached hydrogens (tertiary/aromatic N) is 1. The molecule has 0 amide bonds. The maximum atomic E-state index is 5.20. The van der Waals surface area contributed by atoms with E-state index >= 15 is 0 Å². The highest BCUT2D eigenvalue weighted by molar-refractivity contribution is 5.81. The second-order valence-electron chi connectivity index (χ2n) is 5.81. The Labute approximate surface area is 137 Å². The molecule has 0 spiro atoms. The third-order valence-corrected chi connectivity index (χ3v) is 4.18. The van der Waals surface area contributed by atoms with Gasteiger partial charge in [-0.25, -0.2) is 0 Å². The number of ether oxygens (including phenoxy) is 1. The van der Waals surface area contributed by atoms with Crippen molar-refractivity contribution in [3.05, 3.63) is 66.4 Å². The molecule has 0 aliphatic carbocycles. The zero-order valence-electron chi connectivity index (χ0n) is 13.6. The predicted molar refractivity (Wildman–Crippen MR) is 96.3 cm³/mol. The predicted octanol–water partition coefficient (Wildman–Crippen LogP) is 4.85. The third-order valence-electron chi connectivity index (χ3n) is 4.18. The summed E-state index contributed by atoms with van der Waals surface area (Å²) in [6.45, 7) is 3.18. The van der Waals surface area contributed by atoms with Crippen LogP contribution in [0.5, 0.6) is 5.75 Å². The first kappa shape index (κ1) is 15.3. The molecule has 0 aliphatic heterocycles. The lowest BCUT2D eigenvalue weighted by Gasteiger charge is -2.14. The van der Waals surface area contributed by atoms with Gasteiger partial charge in [0.05, 0.1) is 24.5 Å². The van der Waals surface area contributed by atoms with Gasteiger partial charge in [-0.15, -0.1) is 0 Å². The summed E-state index contributed by atoms with van der Waals surface area (Å²) in [6.07, 6.45) is 2.97. The molecular formula is C20H22N2O. The molecule has 1 heterocycles. The molecule has 1 aromatic heterocycles. The number of anilines is 1. The van der Waals surface area contributed by atoms with E-state index in [1.807, 2.05) is 36.5 Å². The van der Waals surface area contributed by atoms with Crippen molar-refractivity contribution in [1.29, 1.82) is 0 Å². The fourth-order valence-electron chi connectivity index (χ4n) is 2.70. The zero-order chi connectivity index (χ0) is 16.1. The monoisotopic (exact) mass is 306 g/mol. The fourth-order valence-corrected chi connectivity index (χ4v) is 2.70. The molecule has 2 aromatic carbocycles. The lowest BCUT2D eigenvalue weighted by atomic mass is 9.98. The minimum atomic E-state index is 0.502. The van der Waals surface area contributed by atoms with Crippen LogP contribution in [-0.2, 0) is 0 Å². The second-order valence-corrected chi connectivity index (χ2v) is 5.81. The number of pyridine rings is 1. The highest BCUT2D eigenvalue weighted by Crippen LogP contribution is 2.22. The summed E-state index contributed by atoms with van der Waals surface area (Å²) in [4.78, 5) is 4.48. The summed E-state index contributed by atoms with van der Waals surface area (Å²) in [5.74, 6) is 1.41. The smallest absolute Gasteiger partial charge is 0.118 e. The van der Waals surface area contributed by atoms with Gasteiger partial charge in [-0.2, -0.15) is 0 Å². The van der Waals surface area contributed by atoms with Gasteiger partial charge in [0, 0.05) is 11.9 Å². The van der Waals surface area contributed by atoms with Gasteiger partial charge in [0.15, 0.2) is 0 Å². The van der Waals surface area contributed by atoms with Crippen LogP contribution in [-0.4, -0.2) is 18.6 Å². The molecule has 118 valence electrons. The first-order valence-corrected chi connectivity index (χ1v) is 7.99. The van der Waals surface area contributed by atoms with Gasteiger partial charge in [0.1, 0.15) is 5.75 Å². The molecule has 0 saturated carbocycles. The van der Waals surface area contributed by atoms with Crippen molar-refractivity contribution in [2.24, 2.45) is 0 Å². The van der Waals surface area contributed by atoms with Crippen molar-refractivity contribution in [1.82, 2.24) is 4.98 Å². The van der Waals surface area contributed by atoms with Crippen molar-refractivity contribution in [3.8, 4) is 5.75 Å². The fraction of sp³-hybridized carbons (Fsp3) is 0.250. The second kappa shape index (κ2) is 7.14. The Bertz CT molecular complexity index is 768. The normalized spacial score (nSPS) is 12.1. The van der Waals surface area contributed by atoms with Gasteiger partial charge < -0.3 is 10.1 Å². The van der Waals surface area contributed by atoms with Crippen LogP contribution >= 0.6 is 0 Å². The van der Waals surface area contributed by atoms with Crippen LogP contribution in [0.25, 0.3) is 10.9 Å². The Balaban J connectivity index is 1.56. The molecule has 3 aromatic rings. The Morgan fingerprint density at radius 1 is 1.09 bits per heavy atom. The van der Waals surface area contributed by atoms with Crippen LogP contribution < -0.4 is 10.1 Å². The van der Waals surface area contributed by atoms with Crippen LogP contribution in [0.3, 0.4) is 0 Å². The molecule has 23 heavy (non-hydrogen) atoms. The van der Waals surface area contributed by atoms with E-state index in [4.69, 9.17) is 4.74 Å². The summed E-state index contributed by atoms with van der Waals surface area (Å²) in [5.41, 5.74) is 3.44. The van der Waals surface area contributed by atoms with E-state index in [2.05, 4.69) is 41.5 Å². The number of methoxy groups -OCH3 is 1. The van der Waals surface area contributed by atoms with E-state index in [0.717, 1.165) is 29.9 Å². The van der Waals surface area contributed by atoms with E-state index in [0.29, 0.717) is 5.92 Å². The number of hydrogen-bond donors (Lipinski definition) is 1. The van der Waals surface area contributed by atoms with E-state index in [9.17, 15) is 0 Å². The number of aromatic nitrogens is 1. The Morgan fingerprint density at radius 3 is 2.65 bits per heavy atom. The number of fused-ring (bicyclic) bond motifs is 1. The van der Waals surface area contributed by atoms with Crippen molar-refractivity contribution in [3.63, 3.8) is 0 Å². The number of nitrogens with one attached hydrogen (secondary N) is 1. The Kier molecular flexibility index (Phi) is 4.77. The van der Waals surface area contributed by atoms with Crippen molar-refractivity contribution < 1.29 is 4.74 Å². The van der Waals surface area contributed by atoms with Crippen LogP contribution in [0.4, 0.5) is 5.69 Å². The van der Waals surface area contributed by atoms with Crippen molar-refractivity contribution in [2.75, 3.05) is 19.0 Å². The highest BCUT2D eigenvalue weighted by Gasteiger charge is 2.06. The Morgan fingerprint density at radius 2 is 1.87 bits per heavy atom. The third kappa shape index (κ3) is 3.81.